The van der Waals surface area contributed by atoms with Gasteiger partial charge in [0.2, 0.25) is 5.91 Å². The number of thiocarbonyl (C=S) groups is 1. The van der Waals surface area contributed by atoms with Crippen molar-refractivity contribution in [2.45, 2.75) is 13.8 Å². The molecule has 0 heterocycles. The molecule has 0 aromatic heterocycles. The molecule has 1 rings (SSSR count). The first-order valence-electron chi connectivity index (χ1n) is 4.94. The van der Waals surface area contributed by atoms with Crippen molar-refractivity contribution in [3.8, 4) is 0 Å². The molecule has 2 amide bonds. The van der Waals surface area contributed by atoms with Crippen LogP contribution in [0.15, 0.2) is 24.3 Å². The third-order valence-electron chi connectivity index (χ3n) is 1.97. The molecule has 0 saturated heterocycles. The molecule has 0 aliphatic heterocycles. The van der Waals surface area contributed by atoms with Crippen molar-refractivity contribution in [3.05, 3.63) is 35.4 Å². The van der Waals surface area contributed by atoms with E-state index in [0.29, 0.717) is 5.56 Å². The van der Waals surface area contributed by atoms with Crippen LogP contribution in [0.25, 0.3) is 0 Å². The summed E-state index contributed by atoms with van der Waals surface area (Å²) in [5.41, 5.74) is 6.07. The number of benzene rings is 1. The van der Waals surface area contributed by atoms with E-state index in [4.69, 9.17) is 12.2 Å². The van der Waals surface area contributed by atoms with Crippen LogP contribution in [-0.2, 0) is 4.79 Å². The average molecular weight is 251 g/mol. The van der Waals surface area contributed by atoms with Crippen LogP contribution < -0.4 is 16.2 Å². The van der Waals surface area contributed by atoms with Crippen molar-refractivity contribution in [1.29, 1.82) is 0 Å². The minimum Gasteiger partial charge on any atom is -0.298 e. The first-order valence-corrected chi connectivity index (χ1v) is 5.35. The molecule has 0 atom stereocenters. The molecule has 90 valence electrons. The van der Waals surface area contributed by atoms with Gasteiger partial charge in [-0.25, -0.2) is 0 Å². The van der Waals surface area contributed by atoms with E-state index in [0.717, 1.165) is 5.56 Å². The van der Waals surface area contributed by atoms with Gasteiger partial charge in [-0.05, 0) is 30.8 Å². The Labute approximate surface area is 105 Å². The minimum absolute atomic E-state index is 0.0495. The van der Waals surface area contributed by atoms with E-state index >= 15 is 0 Å². The normalized spacial score (nSPS) is 9.29. The molecule has 5 nitrogen and oxygen atoms in total. The molecule has 1 aromatic rings. The Kier molecular flexibility index (Phi) is 4.59. The van der Waals surface area contributed by atoms with Gasteiger partial charge in [0.15, 0.2) is 5.11 Å². The van der Waals surface area contributed by atoms with Gasteiger partial charge in [0, 0.05) is 12.5 Å². The lowest BCUT2D eigenvalue weighted by atomic mass is 10.1. The van der Waals surface area contributed by atoms with Gasteiger partial charge < -0.3 is 0 Å². The minimum atomic E-state index is -0.314. The molecule has 0 saturated carbocycles. The van der Waals surface area contributed by atoms with E-state index in [1.807, 2.05) is 19.1 Å². The Morgan fingerprint density at radius 1 is 1.18 bits per heavy atom. The topological polar surface area (TPSA) is 70.2 Å². The van der Waals surface area contributed by atoms with Crippen LogP contribution in [0, 0.1) is 6.92 Å². The summed E-state index contributed by atoms with van der Waals surface area (Å²) in [4.78, 5) is 22.4. The zero-order valence-electron chi connectivity index (χ0n) is 9.53. The van der Waals surface area contributed by atoms with Gasteiger partial charge in [-0.3, -0.25) is 25.8 Å². The van der Waals surface area contributed by atoms with E-state index in [1.54, 1.807) is 12.1 Å². The monoisotopic (exact) mass is 251 g/mol. The van der Waals surface area contributed by atoms with Gasteiger partial charge in [-0.2, -0.15) is 0 Å². The van der Waals surface area contributed by atoms with Gasteiger partial charge in [0.05, 0.1) is 0 Å². The molecule has 0 spiro atoms. The van der Waals surface area contributed by atoms with Crippen molar-refractivity contribution in [2.75, 3.05) is 0 Å². The Balaban J connectivity index is 2.58. The summed E-state index contributed by atoms with van der Waals surface area (Å²) in [6.07, 6.45) is 0. The molecule has 1 aromatic carbocycles. The van der Waals surface area contributed by atoms with Gasteiger partial charge >= 0.3 is 0 Å². The van der Waals surface area contributed by atoms with E-state index in [-0.39, 0.29) is 16.9 Å². The average Bonchev–Trinajstić information content (AvgIpc) is 2.26. The van der Waals surface area contributed by atoms with Crippen LogP contribution in [0.3, 0.4) is 0 Å². The summed E-state index contributed by atoms with van der Waals surface area (Å²) in [5.74, 6) is -0.608. The molecule has 0 aliphatic carbocycles. The molecule has 0 radical (unpaired) electrons. The van der Waals surface area contributed by atoms with Crippen LogP contribution in [0.5, 0.6) is 0 Å². The smallest absolute Gasteiger partial charge is 0.257 e. The molecule has 0 unspecified atom stereocenters. The molecular formula is C11H13N3O2S. The number of aryl methyl sites for hydroxylation is 1. The fourth-order valence-corrected chi connectivity index (χ4v) is 1.32. The molecule has 6 heteroatoms. The van der Waals surface area contributed by atoms with E-state index in [2.05, 4.69) is 16.2 Å². The lowest BCUT2D eigenvalue weighted by Gasteiger charge is -2.10. The van der Waals surface area contributed by atoms with Gasteiger partial charge in [0.1, 0.15) is 0 Å². The molecule has 3 N–H and O–H groups in total. The van der Waals surface area contributed by atoms with E-state index in [9.17, 15) is 9.59 Å². The highest BCUT2D eigenvalue weighted by atomic mass is 32.1. The van der Waals surface area contributed by atoms with Gasteiger partial charge in [-0.1, -0.05) is 18.2 Å². The lowest BCUT2D eigenvalue weighted by molar-refractivity contribution is -0.119. The second-order valence-electron chi connectivity index (χ2n) is 3.40. The van der Waals surface area contributed by atoms with Crippen LogP contribution >= 0.6 is 12.2 Å². The first-order chi connectivity index (χ1) is 8.00. The number of amides is 2. The predicted molar refractivity (Wildman–Crippen MR) is 68.2 cm³/mol. The largest absolute Gasteiger partial charge is 0.298 e. The molecule has 0 aliphatic rings. The highest BCUT2D eigenvalue weighted by Crippen LogP contribution is 2.05. The fraction of sp³-hybridized carbons (Fsp3) is 0.182. The van der Waals surface area contributed by atoms with Crippen LogP contribution in [0.4, 0.5) is 0 Å². The maximum Gasteiger partial charge on any atom is 0.257 e. The summed E-state index contributed by atoms with van der Waals surface area (Å²) < 4.78 is 0. The van der Waals surface area contributed by atoms with Gasteiger partial charge in [-0.15, -0.1) is 0 Å². The molecular weight excluding hydrogens is 238 g/mol. The van der Waals surface area contributed by atoms with Gasteiger partial charge in [0.25, 0.3) is 5.91 Å². The Bertz CT molecular complexity index is 460. The van der Waals surface area contributed by atoms with E-state index in [1.165, 1.54) is 6.92 Å². The Hall–Kier alpha value is -1.95. The first kappa shape index (κ1) is 13.1. The number of carbonyl (C=O) groups is 2. The Morgan fingerprint density at radius 2 is 1.82 bits per heavy atom. The van der Waals surface area contributed by atoms with Crippen LogP contribution in [-0.4, -0.2) is 16.9 Å². The summed E-state index contributed by atoms with van der Waals surface area (Å²) in [5, 5.41) is 2.51. The second kappa shape index (κ2) is 5.95. The predicted octanol–water partition coefficient (Wildman–Crippen LogP) is 0.650. The standard InChI is InChI=1S/C11H13N3O2S/c1-7-5-3-4-6-9(7)10(16)12-11(17)14-13-8(2)15/h3-6H,1-2H3,(H,13,15)(H2,12,14,16,17). The molecule has 0 fully saturated rings. The van der Waals surface area contributed by atoms with Crippen molar-refractivity contribution in [2.24, 2.45) is 0 Å². The highest BCUT2D eigenvalue weighted by Gasteiger charge is 2.09. The number of hydrogen-bond acceptors (Lipinski definition) is 3. The number of hydrazine groups is 1. The van der Waals surface area contributed by atoms with Crippen LogP contribution in [0.2, 0.25) is 0 Å². The maximum absolute atomic E-state index is 11.8. The summed E-state index contributed by atoms with van der Waals surface area (Å²) in [7, 11) is 0. The van der Waals surface area contributed by atoms with Crippen molar-refractivity contribution in [1.82, 2.24) is 16.2 Å². The van der Waals surface area contributed by atoms with Crippen molar-refractivity contribution >= 4 is 29.1 Å². The lowest BCUT2D eigenvalue weighted by Crippen LogP contribution is -2.47. The molecule has 17 heavy (non-hydrogen) atoms. The number of carbonyl (C=O) groups excluding carboxylic acids is 2. The summed E-state index contributed by atoms with van der Waals surface area (Å²) in [6.45, 7) is 3.16. The van der Waals surface area contributed by atoms with E-state index < -0.39 is 0 Å². The maximum atomic E-state index is 11.8. The quantitative estimate of drug-likeness (QED) is 0.506. The molecule has 0 bridgehead atoms. The highest BCUT2D eigenvalue weighted by molar-refractivity contribution is 7.80. The summed E-state index contributed by atoms with van der Waals surface area (Å²) >= 11 is 4.83. The second-order valence-corrected chi connectivity index (χ2v) is 3.81. The number of hydrogen-bond donors (Lipinski definition) is 3. The number of nitrogens with one attached hydrogen (secondary N) is 3. The zero-order valence-corrected chi connectivity index (χ0v) is 10.4. The van der Waals surface area contributed by atoms with Crippen LogP contribution in [0.1, 0.15) is 22.8 Å². The summed E-state index contributed by atoms with van der Waals surface area (Å²) in [6, 6.07) is 7.15. The Morgan fingerprint density at radius 3 is 2.41 bits per heavy atom. The zero-order chi connectivity index (χ0) is 12.8. The number of rotatable bonds is 1. The third kappa shape index (κ3) is 4.20. The third-order valence-corrected chi connectivity index (χ3v) is 2.17. The SMILES string of the molecule is CC(=O)NNC(=S)NC(=O)c1ccccc1C. The van der Waals surface area contributed by atoms with Crippen molar-refractivity contribution < 1.29 is 9.59 Å². The van der Waals surface area contributed by atoms with Crippen molar-refractivity contribution in [3.63, 3.8) is 0 Å². The fourth-order valence-electron chi connectivity index (χ4n) is 1.17.